The highest BCUT2D eigenvalue weighted by Crippen LogP contribution is 2.37. The molecule has 2 N–H and O–H groups in total. The van der Waals surface area contributed by atoms with Crippen LogP contribution in [0.5, 0.6) is 0 Å². The van der Waals surface area contributed by atoms with E-state index in [-0.39, 0.29) is 24.0 Å². The molecule has 6 heteroatoms. The summed E-state index contributed by atoms with van der Waals surface area (Å²) in [6.45, 7) is 6.08. The van der Waals surface area contributed by atoms with E-state index in [2.05, 4.69) is 10.3 Å². The molecule has 0 radical (unpaired) electrons. The molecule has 1 fully saturated rings. The van der Waals surface area contributed by atoms with Crippen molar-refractivity contribution >= 4 is 17.2 Å². The van der Waals surface area contributed by atoms with Crippen molar-refractivity contribution in [3.8, 4) is 5.13 Å². The third-order valence-electron chi connectivity index (χ3n) is 5.03. The average molecular weight is 333 g/mol. The Bertz CT molecular complexity index is 708. The number of nitrogens with zero attached hydrogens (tertiary/aromatic N) is 2. The molecule has 0 aromatic carbocycles. The fourth-order valence-corrected chi connectivity index (χ4v) is 4.27. The molecule has 2 atom stereocenters. The number of hydrogen-bond acceptors (Lipinski definition) is 4. The predicted molar refractivity (Wildman–Crippen MR) is 91.2 cm³/mol. The monoisotopic (exact) mass is 333 g/mol. The van der Waals surface area contributed by atoms with Crippen LogP contribution in [-0.4, -0.2) is 33.2 Å². The number of aliphatic hydroxyl groups excluding tert-OH is 1. The predicted octanol–water partition coefficient (Wildman–Crippen LogP) is 2.83. The minimum atomic E-state index is -0.212. The molecular weight excluding hydrogens is 310 g/mol. The van der Waals surface area contributed by atoms with E-state index in [0.717, 1.165) is 35.8 Å². The molecule has 23 heavy (non-hydrogen) atoms. The Hall–Kier alpha value is -1.66. The first-order valence-corrected chi connectivity index (χ1v) is 8.85. The Labute approximate surface area is 140 Å². The van der Waals surface area contributed by atoms with Gasteiger partial charge in [0.25, 0.3) is 5.91 Å². The first-order chi connectivity index (χ1) is 11.0. The summed E-state index contributed by atoms with van der Waals surface area (Å²) >= 11 is 1.55. The van der Waals surface area contributed by atoms with Crippen molar-refractivity contribution in [2.45, 2.75) is 46.1 Å². The molecule has 1 amide bonds. The number of hydrogen-bond donors (Lipinski definition) is 2. The van der Waals surface area contributed by atoms with Gasteiger partial charge in [-0.2, -0.15) is 0 Å². The Morgan fingerprint density at radius 1 is 1.57 bits per heavy atom. The maximum atomic E-state index is 12.7. The summed E-state index contributed by atoms with van der Waals surface area (Å²) in [4.78, 5) is 17.1. The lowest BCUT2D eigenvalue weighted by Gasteiger charge is -2.30. The molecule has 2 aromatic heterocycles. The zero-order chi connectivity index (χ0) is 16.6. The van der Waals surface area contributed by atoms with E-state index in [1.165, 1.54) is 0 Å². The van der Waals surface area contributed by atoms with Crippen molar-refractivity contribution in [2.75, 3.05) is 6.61 Å². The molecule has 1 aliphatic carbocycles. The maximum absolute atomic E-state index is 12.7. The highest BCUT2D eigenvalue weighted by molar-refractivity contribution is 7.12. The highest BCUT2D eigenvalue weighted by Gasteiger charge is 2.39. The molecule has 2 heterocycles. The molecule has 0 saturated heterocycles. The largest absolute Gasteiger partial charge is 0.396 e. The molecule has 2 aromatic rings. The van der Waals surface area contributed by atoms with E-state index in [9.17, 15) is 9.90 Å². The summed E-state index contributed by atoms with van der Waals surface area (Å²) in [6, 6.07) is 1.94. The van der Waals surface area contributed by atoms with Crippen molar-refractivity contribution in [1.82, 2.24) is 14.9 Å². The number of amides is 1. The summed E-state index contributed by atoms with van der Waals surface area (Å²) in [5.41, 5.74) is 2.37. The summed E-state index contributed by atoms with van der Waals surface area (Å²) in [5, 5.41) is 15.6. The Morgan fingerprint density at radius 2 is 2.35 bits per heavy atom. The smallest absolute Gasteiger partial charge is 0.253 e. The number of aromatic nitrogens is 2. The van der Waals surface area contributed by atoms with E-state index in [1.54, 1.807) is 17.5 Å². The Kier molecular flexibility index (Phi) is 4.29. The number of rotatable bonds is 4. The van der Waals surface area contributed by atoms with E-state index < -0.39 is 0 Å². The van der Waals surface area contributed by atoms with Gasteiger partial charge in [-0.1, -0.05) is 13.3 Å². The van der Waals surface area contributed by atoms with Gasteiger partial charge in [0.15, 0.2) is 5.13 Å². The first-order valence-electron chi connectivity index (χ1n) is 7.97. The topological polar surface area (TPSA) is 67.2 Å². The lowest BCUT2D eigenvalue weighted by molar-refractivity contribution is 0.0830. The fraction of sp³-hybridized carbons (Fsp3) is 0.529. The molecule has 0 unspecified atom stereocenters. The van der Waals surface area contributed by atoms with E-state index in [1.807, 2.05) is 36.8 Å². The van der Waals surface area contributed by atoms with Crippen molar-refractivity contribution < 1.29 is 9.90 Å². The van der Waals surface area contributed by atoms with Gasteiger partial charge < -0.3 is 10.4 Å². The van der Waals surface area contributed by atoms with E-state index in [4.69, 9.17) is 0 Å². The van der Waals surface area contributed by atoms with Gasteiger partial charge in [-0.05, 0) is 32.8 Å². The van der Waals surface area contributed by atoms with Gasteiger partial charge >= 0.3 is 0 Å². The number of aryl methyl sites for hydroxylation is 1. The molecule has 5 nitrogen and oxygen atoms in total. The number of aliphatic hydroxyl groups is 1. The number of thiazole rings is 1. The second kappa shape index (κ2) is 6.09. The molecule has 124 valence electrons. The van der Waals surface area contributed by atoms with Crippen LogP contribution in [-0.2, 0) is 0 Å². The zero-order valence-electron chi connectivity index (χ0n) is 13.8. The van der Waals surface area contributed by atoms with Crippen molar-refractivity contribution in [1.29, 1.82) is 0 Å². The van der Waals surface area contributed by atoms with Gasteiger partial charge in [-0.25, -0.2) is 4.98 Å². The van der Waals surface area contributed by atoms with Crippen molar-refractivity contribution in [3.63, 3.8) is 0 Å². The van der Waals surface area contributed by atoms with Crippen LogP contribution in [0.4, 0.5) is 0 Å². The molecule has 0 aliphatic heterocycles. The number of carbonyl (C=O) groups excluding carboxylic acids is 1. The molecule has 1 saturated carbocycles. The summed E-state index contributed by atoms with van der Waals surface area (Å²) < 4.78 is 2.01. The summed E-state index contributed by atoms with van der Waals surface area (Å²) in [7, 11) is 0. The van der Waals surface area contributed by atoms with Crippen LogP contribution in [0.3, 0.4) is 0 Å². The van der Waals surface area contributed by atoms with Crippen LogP contribution in [0.2, 0.25) is 0 Å². The second-order valence-electron chi connectivity index (χ2n) is 6.67. The van der Waals surface area contributed by atoms with Gasteiger partial charge in [0, 0.05) is 34.4 Å². The maximum Gasteiger partial charge on any atom is 0.253 e. The van der Waals surface area contributed by atoms with Crippen LogP contribution >= 0.6 is 11.3 Å². The van der Waals surface area contributed by atoms with Gasteiger partial charge in [-0.15, -0.1) is 11.3 Å². The van der Waals surface area contributed by atoms with Crippen LogP contribution in [0.15, 0.2) is 17.6 Å². The molecule has 0 spiro atoms. The van der Waals surface area contributed by atoms with Crippen molar-refractivity contribution in [2.24, 2.45) is 5.41 Å². The Balaban J connectivity index is 1.85. The third kappa shape index (κ3) is 2.81. The molecule has 1 aliphatic rings. The molecular formula is C17H23N3O2S. The standard InChI is InChI=1S/C17H23N3O2S/c1-11-9-13(12(2)20(11)16-18-7-8-23-16)15(22)19-14-5-4-6-17(14,3)10-21/h7-9,14,21H,4-6,10H2,1-3H3,(H,19,22)/t14-,17-/m1/s1. The fourth-order valence-electron chi connectivity index (χ4n) is 3.52. The minimum Gasteiger partial charge on any atom is -0.396 e. The minimum absolute atomic E-state index is 0.0305. The van der Waals surface area contributed by atoms with Crippen LogP contribution in [0, 0.1) is 19.3 Å². The number of carbonyl (C=O) groups is 1. The van der Waals surface area contributed by atoms with Crippen LogP contribution in [0.1, 0.15) is 47.9 Å². The SMILES string of the molecule is Cc1cc(C(=O)N[C@@H]2CCC[C@]2(C)CO)c(C)n1-c1nccs1. The zero-order valence-corrected chi connectivity index (χ0v) is 14.6. The quantitative estimate of drug-likeness (QED) is 0.904. The van der Waals surface area contributed by atoms with Gasteiger partial charge in [0.2, 0.25) is 0 Å². The summed E-state index contributed by atoms with van der Waals surface area (Å²) in [5.74, 6) is -0.0625. The van der Waals surface area contributed by atoms with E-state index >= 15 is 0 Å². The van der Waals surface area contributed by atoms with Crippen molar-refractivity contribution in [3.05, 3.63) is 34.6 Å². The molecule has 0 bridgehead atoms. The van der Waals surface area contributed by atoms with Crippen LogP contribution in [0.25, 0.3) is 5.13 Å². The lowest BCUT2D eigenvalue weighted by atomic mass is 9.85. The Morgan fingerprint density at radius 3 is 3.00 bits per heavy atom. The number of nitrogens with one attached hydrogen (secondary N) is 1. The third-order valence-corrected chi connectivity index (χ3v) is 5.79. The summed E-state index contributed by atoms with van der Waals surface area (Å²) in [6.07, 6.45) is 4.69. The first kappa shape index (κ1) is 16.2. The average Bonchev–Trinajstić information content (AvgIpc) is 3.21. The van der Waals surface area contributed by atoms with Gasteiger partial charge in [0.1, 0.15) is 0 Å². The normalized spacial score (nSPS) is 24.1. The second-order valence-corrected chi connectivity index (χ2v) is 7.54. The van der Waals surface area contributed by atoms with Crippen LogP contribution < -0.4 is 5.32 Å². The van der Waals surface area contributed by atoms with Gasteiger partial charge in [-0.3, -0.25) is 9.36 Å². The van der Waals surface area contributed by atoms with E-state index in [0.29, 0.717) is 5.56 Å². The highest BCUT2D eigenvalue weighted by atomic mass is 32.1. The molecule has 3 rings (SSSR count). The lowest BCUT2D eigenvalue weighted by Crippen LogP contribution is -2.44. The van der Waals surface area contributed by atoms with Gasteiger partial charge in [0.05, 0.1) is 12.2 Å².